The van der Waals surface area contributed by atoms with Gasteiger partial charge in [0.2, 0.25) is 6.41 Å². The molecule has 25 heavy (non-hydrogen) atoms. The average molecular weight is 339 g/mol. The zero-order chi connectivity index (χ0) is 17.8. The largest absolute Gasteiger partial charge is 0.342 e. The Kier molecular flexibility index (Phi) is 4.92. The first-order valence-corrected chi connectivity index (χ1v) is 8.23. The van der Waals surface area contributed by atoms with Crippen molar-refractivity contribution < 1.29 is 9.59 Å². The number of carbonyl (C=O) groups excluding carboxylic acids is 2. The molecule has 0 unspecified atom stereocenters. The molecule has 2 heterocycles. The van der Waals surface area contributed by atoms with E-state index in [4.69, 9.17) is 0 Å². The topological polar surface area (TPSA) is 78.4 Å². The number of nitrogens with zero attached hydrogens (tertiary/aromatic N) is 4. The van der Waals surface area contributed by atoms with Crippen LogP contribution in [0.1, 0.15) is 21.6 Å². The molecule has 2 aromatic rings. The summed E-state index contributed by atoms with van der Waals surface area (Å²) in [5.74, 6) is 0.437. The first-order chi connectivity index (χ1) is 12.1. The Labute approximate surface area is 146 Å². The third-order valence-electron chi connectivity index (χ3n) is 4.29. The van der Waals surface area contributed by atoms with Gasteiger partial charge in [-0.05, 0) is 43.2 Å². The van der Waals surface area contributed by atoms with Gasteiger partial charge in [-0.2, -0.15) is 0 Å². The number of hydrogen-bond acceptors (Lipinski definition) is 5. The first-order valence-electron chi connectivity index (χ1n) is 8.23. The zero-order valence-corrected chi connectivity index (χ0v) is 14.4. The van der Waals surface area contributed by atoms with E-state index in [9.17, 15) is 9.59 Å². The van der Waals surface area contributed by atoms with Gasteiger partial charge in [-0.15, -0.1) is 10.2 Å². The van der Waals surface area contributed by atoms with Crippen LogP contribution in [-0.2, 0) is 4.79 Å². The number of anilines is 2. The van der Waals surface area contributed by atoms with Crippen LogP contribution in [0.2, 0.25) is 0 Å². The summed E-state index contributed by atoms with van der Waals surface area (Å²) < 4.78 is 0. The summed E-state index contributed by atoms with van der Waals surface area (Å²) in [7, 11) is 0. The fourth-order valence-electron chi connectivity index (χ4n) is 2.71. The molecule has 0 bridgehead atoms. The van der Waals surface area contributed by atoms with Crippen LogP contribution in [0.15, 0.2) is 30.3 Å². The van der Waals surface area contributed by atoms with E-state index in [2.05, 4.69) is 21.6 Å². The molecule has 1 aromatic carbocycles. The summed E-state index contributed by atoms with van der Waals surface area (Å²) in [6, 6.07) is 9.57. The van der Waals surface area contributed by atoms with Crippen LogP contribution in [-0.4, -0.2) is 58.5 Å². The van der Waals surface area contributed by atoms with Crippen molar-refractivity contribution in [2.24, 2.45) is 0 Å². The molecule has 3 rings (SSSR count). The number of benzene rings is 1. The van der Waals surface area contributed by atoms with Crippen LogP contribution in [0, 0.1) is 13.8 Å². The van der Waals surface area contributed by atoms with Crippen LogP contribution in [0.4, 0.5) is 11.5 Å². The molecule has 0 aliphatic carbocycles. The van der Waals surface area contributed by atoms with Gasteiger partial charge in [-0.25, -0.2) is 0 Å². The molecule has 7 heteroatoms. The number of aryl methyl sites for hydroxylation is 2. The Hall–Kier alpha value is -2.96. The normalized spacial score (nSPS) is 14.3. The van der Waals surface area contributed by atoms with Crippen molar-refractivity contribution in [3.63, 3.8) is 0 Å². The number of amides is 2. The quantitative estimate of drug-likeness (QED) is 0.859. The molecular formula is C18H21N5O2. The van der Waals surface area contributed by atoms with Crippen molar-refractivity contribution in [2.75, 3.05) is 31.5 Å². The maximum Gasteiger partial charge on any atom is 0.274 e. The molecule has 1 aliphatic rings. The predicted molar refractivity (Wildman–Crippen MR) is 94.8 cm³/mol. The van der Waals surface area contributed by atoms with Crippen molar-refractivity contribution >= 4 is 23.8 Å². The molecule has 1 aliphatic heterocycles. The fourth-order valence-corrected chi connectivity index (χ4v) is 2.71. The number of nitrogens with one attached hydrogen (secondary N) is 1. The van der Waals surface area contributed by atoms with Gasteiger partial charge >= 0.3 is 0 Å². The van der Waals surface area contributed by atoms with Crippen molar-refractivity contribution in [2.45, 2.75) is 13.8 Å². The average Bonchev–Trinajstić information content (AvgIpc) is 2.65. The molecular weight excluding hydrogens is 318 g/mol. The molecule has 0 atom stereocenters. The summed E-state index contributed by atoms with van der Waals surface area (Å²) >= 11 is 0. The fraction of sp³-hybridized carbons (Fsp3) is 0.333. The lowest BCUT2D eigenvalue weighted by molar-refractivity contribution is -0.119. The summed E-state index contributed by atoms with van der Waals surface area (Å²) in [6.07, 6.45) is 0.815. The third kappa shape index (κ3) is 3.93. The van der Waals surface area contributed by atoms with Gasteiger partial charge in [0.25, 0.3) is 5.91 Å². The molecule has 0 saturated carbocycles. The molecule has 2 amide bonds. The second kappa shape index (κ2) is 7.29. The molecule has 7 nitrogen and oxygen atoms in total. The Balaban J connectivity index is 1.67. The summed E-state index contributed by atoms with van der Waals surface area (Å²) in [5.41, 5.74) is 3.55. The molecule has 0 spiro atoms. The van der Waals surface area contributed by atoms with Gasteiger partial charge in [-0.1, -0.05) is 12.1 Å². The molecule has 1 saturated heterocycles. The van der Waals surface area contributed by atoms with Crippen molar-refractivity contribution in [1.29, 1.82) is 0 Å². The highest BCUT2D eigenvalue weighted by Crippen LogP contribution is 2.20. The Morgan fingerprint density at radius 3 is 2.48 bits per heavy atom. The summed E-state index contributed by atoms with van der Waals surface area (Å²) in [6.45, 7) is 6.18. The second-order valence-electron chi connectivity index (χ2n) is 6.18. The molecule has 1 aromatic heterocycles. The smallest absolute Gasteiger partial charge is 0.274 e. The van der Waals surface area contributed by atoms with Crippen molar-refractivity contribution in [3.8, 4) is 0 Å². The monoisotopic (exact) mass is 339 g/mol. The zero-order valence-electron chi connectivity index (χ0n) is 14.4. The number of hydrogen-bond donors (Lipinski definition) is 1. The van der Waals surface area contributed by atoms with Crippen molar-refractivity contribution in [3.05, 3.63) is 47.2 Å². The predicted octanol–water partition coefficient (Wildman–Crippen LogP) is 1.75. The Bertz CT molecular complexity index is 768. The number of carbonyl (C=O) groups is 2. The van der Waals surface area contributed by atoms with E-state index in [1.54, 1.807) is 21.9 Å². The lowest BCUT2D eigenvalue weighted by atomic mass is 10.1. The molecule has 0 radical (unpaired) electrons. The highest BCUT2D eigenvalue weighted by atomic mass is 16.2. The third-order valence-corrected chi connectivity index (χ3v) is 4.29. The standard InChI is InChI=1S/C18H21N5O2/c1-13-3-4-14(2)16(11-13)19-17-6-5-15(20-21-17)18(25)23-9-7-22(12-24)8-10-23/h3-6,11-12H,7-10H2,1-2H3,(H,19,21). The maximum atomic E-state index is 12.5. The lowest BCUT2D eigenvalue weighted by Gasteiger charge is -2.32. The SMILES string of the molecule is Cc1ccc(C)c(Nc2ccc(C(=O)N3CCN(C=O)CC3)nn2)c1. The minimum Gasteiger partial charge on any atom is -0.342 e. The van der Waals surface area contributed by atoms with E-state index in [1.165, 1.54) is 0 Å². The van der Waals surface area contributed by atoms with E-state index in [0.29, 0.717) is 37.7 Å². The number of piperazine rings is 1. The van der Waals surface area contributed by atoms with Gasteiger partial charge in [-0.3, -0.25) is 9.59 Å². The molecule has 130 valence electrons. The van der Waals surface area contributed by atoms with Gasteiger partial charge < -0.3 is 15.1 Å². The Morgan fingerprint density at radius 2 is 1.84 bits per heavy atom. The van der Waals surface area contributed by atoms with Gasteiger partial charge in [0.15, 0.2) is 11.5 Å². The van der Waals surface area contributed by atoms with Gasteiger partial charge in [0, 0.05) is 31.9 Å². The van der Waals surface area contributed by atoms with E-state index >= 15 is 0 Å². The maximum absolute atomic E-state index is 12.5. The highest BCUT2D eigenvalue weighted by molar-refractivity contribution is 5.92. The van der Waals surface area contributed by atoms with E-state index in [-0.39, 0.29) is 5.91 Å². The van der Waals surface area contributed by atoms with Crippen LogP contribution in [0.3, 0.4) is 0 Å². The Morgan fingerprint density at radius 1 is 1.08 bits per heavy atom. The van der Waals surface area contributed by atoms with Crippen LogP contribution >= 0.6 is 0 Å². The van der Waals surface area contributed by atoms with Gasteiger partial charge in [0.1, 0.15) is 0 Å². The van der Waals surface area contributed by atoms with Crippen LogP contribution in [0.25, 0.3) is 0 Å². The lowest BCUT2D eigenvalue weighted by Crippen LogP contribution is -2.48. The minimum atomic E-state index is -0.156. The number of aromatic nitrogens is 2. The molecule has 1 N–H and O–H groups in total. The van der Waals surface area contributed by atoms with E-state index < -0.39 is 0 Å². The number of rotatable bonds is 4. The highest BCUT2D eigenvalue weighted by Gasteiger charge is 2.22. The molecule has 1 fully saturated rings. The van der Waals surface area contributed by atoms with Crippen molar-refractivity contribution in [1.82, 2.24) is 20.0 Å². The summed E-state index contributed by atoms with van der Waals surface area (Å²) in [4.78, 5) is 26.5. The first kappa shape index (κ1) is 16.9. The van der Waals surface area contributed by atoms with Gasteiger partial charge in [0.05, 0.1) is 0 Å². The summed E-state index contributed by atoms with van der Waals surface area (Å²) in [5, 5.41) is 11.4. The second-order valence-corrected chi connectivity index (χ2v) is 6.18. The minimum absolute atomic E-state index is 0.156. The van der Waals surface area contributed by atoms with E-state index in [0.717, 1.165) is 23.2 Å². The van der Waals surface area contributed by atoms with E-state index in [1.807, 2.05) is 26.0 Å². The van der Waals surface area contributed by atoms with Crippen LogP contribution < -0.4 is 5.32 Å². The van der Waals surface area contributed by atoms with Crippen LogP contribution in [0.5, 0.6) is 0 Å².